The van der Waals surface area contributed by atoms with Gasteiger partial charge in [0.2, 0.25) is 0 Å². The summed E-state index contributed by atoms with van der Waals surface area (Å²) in [4.78, 5) is 2.43. The molecule has 100 valence electrons. The van der Waals surface area contributed by atoms with Gasteiger partial charge in [0.1, 0.15) is 0 Å². The Labute approximate surface area is 110 Å². The molecule has 1 aliphatic carbocycles. The van der Waals surface area contributed by atoms with E-state index in [1.54, 1.807) is 0 Å². The van der Waals surface area contributed by atoms with E-state index in [1.165, 1.54) is 24.8 Å². The first-order chi connectivity index (χ1) is 8.74. The molecule has 0 amide bonds. The highest BCUT2D eigenvalue weighted by Crippen LogP contribution is 2.29. The highest BCUT2D eigenvalue weighted by Gasteiger charge is 2.28. The third kappa shape index (κ3) is 3.10. The highest BCUT2D eigenvalue weighted by molar-refractivity contribution is 5.22. The fourth-order valence-electron chi connectivity index (χ4n) is 3.03. The second kappa shape index (κ2) is 6.32. The molecule has 3 heteroatoms. The number of aliphatic hydroxyl groups is 1. The zero-order valence-corrected chi connectivity index (χ0v) is 11.2. The second-order valence-electron chi connectivity index (χ2n) is 5.38. The molecule has 0 aromatic heterocycles. The predicted octanol–water partition coefficient (Wildman–Crippen LogP) is 1.74. The molecule has 1 fully saturated rings. The first kappa shape index (κ1) is 13.5. The quantitative estimate of drug-likeness (QED) is 0.834. The Morgan fingerprint density at radius 2 is 1.89 bits per heavy atom. The Morgan fingerprint density at radius 3 is 2.50 bits per heavy atom. The van der Waals surface area contributed by atoms with Gasteiger partial charge in [-0.25, -0.2) is 0 Å². The largest absolute Gasteiger partial charge is 0.392 e. The smallest absolute Gasteiger partial charge is 0.0681 e. The summed E-state index contributed by atoms with van der Waals surface area (Å²) < 4.78 is 0. The molecule has 2 rings (SSSR count). The van der Waals surface area contributed by atoms with Crippen LogP contribution < -0.4 is 5.73 Å². The standard InChI is InChI=1S/C15H24N2O/c1-17(15-4-2-3-14(15)9-16)10-12-5-7-13(11-18)8-6-12/h5-8,14-15,18H,2-4,9-11,16H2,1H3. The van der Waals surface area contributed by atoms with Crippen LogP contribution in [0.3, 0.4) is 0 Å². The van der Waals surface area contributed by atoms with Gasteiger partial charge in [-0.3, -0.25) is 4.90 Å². The van der Waals surface area contributed by atoms with Crippen LogP contribution in [-0.4, -0.2) is 29.6 Å². The van der Waals surface area contributed by atoms with E-state index in [0.717, 1.165) is 18.7 Å². The first-order valence-corrected chi connectivity index (χ1v) is 6.83. The number of nitrogens with zero attached hydrogens (tertiary/aromatic N) is 1. The zero-order valence-electron chi connectivity index (χ0n) is 11.2. The molecule has 0 aliphatic heterocycles. The van der Waals surface area contributed by atoms with Crippen molar-refractivity contribution in [1.82, 2.24) is 4.90 Å². The lowest BCUT2D eigenvalue weighted by atomic mass is 10.0. The highest BCUT2D eigenvalue weighted by atomic mass is 16.3. The summed E-state index contributed by atoms with van der Waals surface area (Å²) >= 11 is 0. The van der Waals surface area contributed by atoms with Gasteiger partial charge in [-0.05, 0) is 43.5 Å². The average molecular weight is 248 g/mol. The van der Waals surface area contributed by atoms with Crippen molar-refractivity contribution in [3.63, 3.8) is 0 Å². The van der Waals surface area contributed by atoms with Crippen LogP contribution in [0.4, 0.5) is 0 Å². The van der Waals surface area contributed by atoms with Crippen LogP contribution in [-0.2, 0) is 13.2 Å². The van der Waals surface area contributed by atoms with E-state index in [1.807, 2.05) is 12.1 Å². The molecule has 0 saturated heterocycles. The Morgan fingerprint density at radius 1 is 1.22 bits per heavy atom. The predicted molar refractivity (Wildman–Crippen MR) is 74.0 cm³/mol. The van der Waals surface area contributed by atoms with Crippen LogP contribution >= 0.6 is 0 Å². The molecule has 1 aliphatic rings. The number of hydrogen-bond acceptors (Lipinski definition) is 3. The summed E-state index contributed by atoms with van der Waals surface area (Å²) in [5.41, 5.74) is 8.12. The van der Waals surface area contributed by atoms with Crippen molar-refractivity contribution in [2.45, 2.75) is 38.5 Å². The second-order valence-corrected chi connectivity index (χ2v) is 5.38. The topological polar surface area (TPSA) is 49.5 Å². The van der Waals surface area contributed by atoms with Gasteiger partial charge in [0, 0.05) is 12.6 Å². The minimum atomic E-state index is 0.119. The van der Waals surface area contributed by atoms with Crippen molar-refractivity contribution in [2.24, 2.45) is 11.7 Å². The van der Waals surface area contributed by atoms with E-state index in [9.17, 15) is 0 Å². The number of hydrogen-bond donors (Lipinski definition) is 2. The number of nitrogens with two attached hydrogens (primary N) is 1. The maximum Gasteiger partial charge on any atom is 0.0681 e. The molecule has 3 N–H and O–H groups in total. The van der Waals surface area contributed by atoms with E-state index >= 15 is 0 Å². The minimum Gasteiger partial charge on any atom is -0.392 e. The van der Waals surface area contributed by atoms with E-state index in [2.05, 4.69) is 24.1 Å². The number of aliphatic hydroxyl groups excluding tert-OH is 1. The molecule has 2 atom stereocenters. The molecule has 2 unspecified atom stereocenters. The number of rotatable bonds is 5. The van der Waals surface area contributed by atoms with Gasteiger partial charge in [-0.15, -0.1) is 0 Å². The SMILES string of the molecule is CN(Cc1ccc(CO)cc1)C1CCCC1CN. The molecule has 3 nitrogen and oxygen atoms in total. The van der Waals surface area contributed by atoms with Crippen LogP contribution in [0.15, 0.2) is 24.3 Å². The Bertz CT molecular complexity index is 363. The average Bonchev–Trinajstić information content (AvgIpc) is 2.88. The lowest BCUT2D eigenvalue weighted by Crippen LogP contribution is -2.37. The fourth-order valence-corrected chi connectivity index (χ4v) is 3.03. The third-order valence-electron chi connectivity index (χ3n) is 4.13. The molecule has 18 heavy (non-hydrogen) atoms. The molecule has 0 bridgehead atoms. The van der Waals surface area contributed by atoms with Crippen molar-refractivity contribution < 1.29 is 5.11 Å². The van der Waals surface area contributed by atoms with Gasteiger partial charge in [0.15, 0.2) is 0 Å². The summed E-state index contributed by atoms with van der Waals surface area (Å²) in [7, 11) is 2.19. The molecule has 0 radical (unpaired) electrons. The Kier molecular flexibility index (Phi) is 4.75. The monoisotopic (exact) mass is 248 g/mol. The molecular formula is C15H24N2O. The maximum absolute atomic E-state index is 9.03. The van der Waals surface area contributed by atoms with E-state index in [-0.39, 0.29) is 6.61 Å². The summed E-state index contributed by atoms with van der Waals surface area (Å²) in [6, 6.07) is 8.84. The molecule has 0 spiro atoms. The lowest BCUT2D eigenvalue weighted by molar-refractivity contribution is 0.193. The first-order valence-electron chi connectivity index (χ1n) is 6.83. The minimum absolute atomic E-state index is 0.119. The van der Waals surface area contributed by atoms with Crippen molar-refractivity contribution in [2.75, 3.05) is 13.6 Å². The van der Waals surface area contributed by atoms with Crippen molar-refractivity contribution in [1.29, 1.82) is 0 Å². The van der Waals surface area contributed by atoms with Crippen LogP contribution in [0.25, 0.3) is 0 Å². The fraction of sp³-hybridized carbons (Fsp3) is 0.600. The van der Waals surface area contributed by atoms with Crippen molar-refractivity contribution in [3.05, 3.63) is 35.4 Å². The molecular weight excluding hydrogens is 224 g/mol. The van der Waals surface area contributed by atoms with Gasteiger partial charge >= 0.3 is 0 Å². The molecule has 1 aromatic rings. The lowest BCUT2D eigenvalue weighted by Gasteiger charge is -2.29. The molecule has 1 aromatic carbocycles. The van der Waals surface area contributed by atoms with Gasteiger partial charge in [0.25, 0.3) is 0 Å². The molecule has 1 saturated carbocycles. The van der Waals surface area contributed by atoms with Crippen LogP contribution in [0, 0.1) is 5.92 Å². The van der Waals surface area contributed by atoms with Crippen molar-refractivity contribution in [3.8, 4) is 0 Å². The van der Waals surface area contributed by atoms with Gasteiger partial charge in [-0.1, -0.05) is 30.7 Å². The summed E-state index contributed by atoms with van der Waals surface area (Å²) in [5.74, 6) is 0.659. The van der Waals surface area contributed by atoms with Crippen molar-refractivity contribution >= 4 is 0 Å². The Hall–Kier alpha value is -0.900. The van der Waals surface area contributed by atoms with Gasteiger partial charge in [0.05, 0.1) is 6.61 Å². The van der Waals surface area contributed by atoms with E-state index < -0.39 is 0 Å². The number of benzene rings is 1. The normalized spacial score (nSPS) is 23.8. The summed E-state index contributed by atoms with van der Waals surface area (Å²) in [6.45, 7) is 1.89. The Balaban J connectivity index is 1.95. The maximum atomic E-state index is 9.03. The van der Waals surface area contributed by atoms with Gasteiger partial charge in [-0.2, -0.15) is 0 Å². The summed E-state index contributed by atoms with van der Waals surface area (Å²) in [5, 5.41) is 9.03. The van der Waals surface area contributed by atoms with Crippen LogP contribution in [0.2, 0.25) is 0 Å². The summed E-state index contributed by atoms with van der Waals surface area (Å²) in [6.07, 6.45) is 3.85. The zero-order chi connectivity index (χ0) is 13.0. The molecule has 0 heterocycles. The van der Waals surface area contributed by atoms with Crippen LogP contribution in [0.1, 0.15) is 30.4 Å². The van der Waals surface area contributed by atoms with Gasteiger partial charge < -0.3 is 10.8 Å². The van der Waals surface area contributed by atoms with Crippen LogP contribution in [0.5, 0.6) is 0 Å². The third-order valence-corrected chi connectivity index (χ3v) is 4.13. The van der Waals surface area contributed by atoms with E-state index in [0.29, 0.717) is 12.0 Å². The van der Waals surface area contributed by atoms with E-state index in [4.69, 9.17) is 10.8 Å².